The van der Waals surface area contributed by atoms with Crippen molar-refractivity contribution in [2.45, 2.75) is 32.6 Å². The molecule has 0 aromatic heterocycles. The number of benzene rings is 1. The van der Waals surface area contributed by atoms with Crippen LogP contribution in [0.4, 0.5) is 8.78 Å². The van der Waals surface area contributed by atoms with Gasteiger partial charge >= 0.3 is 0 Å². The second-order valence-corrected chi connectivity index (χ2v) is 3.64. The second kappa shape index (κ2) is 5.01. The number of hydrogen-bond donors (Lipinski definition) is 0. The lowest BCUT2D eigenvalue weighted by atomic mass is 9.94. The predicted octanol–water partition coefficient (Wildman–Crippen LogP) is 3.44. The summed E-state index contributed by atoms with van der Waals surface area (Å²) in [6, 6.07) is 3.23. The summed E-state index contributed by atoms with van der Waals surface area (Å²) in [5.74, 6) is -1.69. The van der Waals surface area contributed by atoms with Crippen molar-refractivity contribution >= 4 is 5.78 Å². The van der Waals surface area contributed by atoms with Gasteiger partial charge in [0, 0.05) is 18.4 Å². The Bertz CT molecular complexity index is 340. The standard InChI is InChI=1S/C12H14F2O/c1-3-4-12(15)8(2)9-5-10(13)7-11(14)6-9/h5-8H,3-4H2,1-2H3. The molecule has 0 saturated carbocycles. The quantitative estimate of drug-likeness (QED) is 0.747. The summed E-state index contributed by atoms with van der Waals surface area (Å²) in [6.07, 6.45) is 1.19. The van der Waals surface area contributed by atoms with Crippen molar-refractivity contribution in [2.24, 2.45) is 0 Å². The van der Waals surface area contributed by atoms with Gasteiger partial charge in [0.2, 0.25) is 0 Å². The Hall–Kier alpha value is -1.25. The average molecular weight is 212 g/mol. The van der Waals surface area contributed by atoms with Crippen molar-refractivity contribution in [2.75, 3.05) is 0 Å². The molecule has 0 amide bonds. The van der Waals surface area contributed by atoms with Crippen molar-refractivity contribution in [1.29, 1.82) is 0 Å². The summed E-state index contributed by atoms with van der Waals surface area (Å²) in [4.78, 5) is 11.5. The maximum Gasteiger partial charge on any atom is 0.140 e. The lowest BCUT2D eigenvalue weighted by Crippen LogP contribution is -2.09. The molecule has 0 heterocycles. The lowest BCUT2D eigenvalue weighted by molar-refractivity contribution is -0.120. The van der Waals surface area contributed by atoms with Gasteiger partial charge in [-0.3, -0.25) is 4.79 Å². The van der Waals surface area contributed by atoms with Crippen LogP contribution in [-0.2, 0) is 4.79 Å². The fourth-order valence-electron chi connectivity index (χ4n) is 1.47. The van der Waals surface area contributed by atoms with E-state index in [1.54, 1.807) is 6.92 Å². The zero-order chi connectivity index (χ0) is 11.4. The number of Topliss-reactive ketones (excluding diaryl/α,β-unsaturated/α-hetero) is 1. The number of rotatable bonds is 4. The zero-order valence-corrected chi connectivity index (χ0v) is 8.89. The summed E-state index contributed by atoms with van der Waals surface area (Å²) < 4.78 is 25.8. The van der Waals surface area contributed by atoms with Crippen LogP contribution in [-0.4, -0.2) is 5.78 Å². The van der Waals surface area contributed by atoms with E-state index in [0.29, 0.717) is 12.0 Å². The minimum atomic E-state index is -0.638. The number of carbonyl (C=O) groups excluding carboxylic acids is 1. The monoisotopic (exact) mass is 212 g/mol. The van der Waals surface area contributed by atoms with E-state index in [9.17, 15) is 13.6 Å². The largest absolute Gasteiger partial charge is 0.299 e. The predicted molar refractivity (Wildman–Crippen MR) is 54.7 cm³/mol. The maximum atomic E-state index is 12.9. The molecule has 0 aliphatic rings. The number of hydrogen-bond acceptors (Lipinski definition) is 1. The molecule has 1 aromatic carbocycles. The molecule has 0 radical (unpaired) electrons. The Kier molecular flexibility index (Phi) is 3.95. The maximum absolute atomic E-state index is 12.9. The number of ketones is 1. The van der Waals surface area contributed by atoms with Gasteiger partial charge in [0.25, 0.3) is 0 Å². The van der Waals surface area contributed by atoms with Crippen LogP contribution < -0.4 is 0 Å². The van der Waals surface area contributed by atoms with Gasteiger partial charge in [0.05, 0.1) is 0 Å². The first-order valence-electron chi connectivity index (χ1n) is 5.03. The summed E-state index contributed by atoms with van der Waals surface area (Å²) >= 11 is 0. The minimum absolute atomic E-state index is 0.0162. The van der Waals surface area contributed by atoms with Crippen molar-refractivity contribution in [3.8, 4) is 0 Å². The Morgan fingerprint density at radius 2 is 1.80 bits per heavy atom. The molecule has 0 fully saturated rings. The summed E-state index contributed by atoms with van der Waals surface area (Å²) in [6.45, 7) is 3.57. The van der Waals surface area contributed by atoms with Crippen molar-refractivity contribution < 1.29 is 13.6 Å². The lowest BCUT2D eigenvalue weighted by Gasteiger charge is -2.10. The Morgan fingerprint density at radius 3 is 2.27 bits per heavy atom. The summed E-state index contributed by atoms with van der Waals surface area (Å²) in [7, 11) is 0. The van der Waals surface area contributed by atoms with E-state index in [1.165, 1.54) is 12.1 Å². The molecule has 3 heteroatoms. The molecule has 0 spiro atoms. The first kappa shape index (κ1) is 11.8. The van der Waals surface area contributed by atoms with Gasteiger partial charge in [-0.15, -0.1) is 0 Å². The van der Waals surface area contributed by atoms with Crippen LogP contribution in [0.15, 0.2) is 18.2 Å². The third kappa shape index (κ3) is 3.11. The van der Waals surface area contributed by atoms with Crippen LogP contribution in [0, 0.1) is 11.6 Å². The molecule has 1 nitrogen and oxygen atoms in total. The van der Waals surface area contributed by atoms with E-state index in [4.69, 9.17) is 0 Å². The molecule has 0 aliphatic carbocycles. The molecule has 0 bridgehead atoms. The Labute approximate surface area is 88.1 Å². The molecular weight excluding hydrogens is 198 g/mol. The fourth-order valence-corrected chi connectivity index (χ4v) is 1.47. The van der Waals surface area contributed by atoms with Crippen LogP contribution in [0.3, 0.4) is 0 Å². The second-order valence-electron chi connectivity index (χ2n) is 3.64. The molecule has 1 atom stereocenters. The van der Waals surface area contributed by atoms with E-state index in [1.807, 2.05) is 6.92 Å². The topological polar surface area (TPSA) is 17.1 Å². The van der Waals surface area contributed by atoms with Gasteiger partial charge in [-0.05, 0) is 24.1 Å². The SMILES string of the molecule is CCCC(=O)C(C)c1cc(F)cc(F)c1. The Balaban J connectivity index is 2.90. The van der Waals surface area contributed by atoms with Crippen molar-refractivity contribution in [1.82, 2.24) is 0 Å². The highest BCUT2D eigenvalue weighted by Gasteiger charge is 2.15. The summed E-state index contributed by atoms with van der Waals surface area (Å²) in [5, 5.41) is 0. The molecule has 0 saturated heterocycles. The van der Waals surface area contributed by atoms with Crippen LogP contribution in [0.2, 0.25) is 0 Å². The average Bonchev–Trinajstić information content (AvgIpc) is 2.15. The van der Waals surface area contributed by atoms with E-state index in [2.05, 4.69) is 0 Å². The number of carbonyl (C=O) groups is 1. The van der Waals surface area contributed by atoms with Gasteiger partial charge in [0.15, 0.2) is 0 Å². The highest BCUT2D eigenvalue weighted by Crippen LogP contribution is 2.20. The van der Waals surface area contributed by atoms with Crippen LogP contribution in [0.25, 0.3) is 0 Å². The third-order valence-corrected chi connectivity index (χ3v) is 2.36. The van der Waals surface area contributed by atoms with E-state index < -0.39 is 17.6 Å². The van der Waals surface area contributed by atoms with Gasteiger partial charge in [-0.25, -0.2) is 8.78 Å². The molecule has 0 aliphatic heterocycles. The molecule has 1 rings (SSSR count). The highest BCUT2D eigenvalue weighted by atomic mass is 19.1. The van der Waals surface area contributed by atoms with Crippen LogP contribution >= 0.6 is 0 Å². The van der Waals surface area contributed by atoms with Crippen LogP contribution in [0.1, 0.15) is 38.2 Å². The molecule has 0 N–H and O–H groups in total. The van der Waals surface area contributed by atoms with Gasteiger partial charge in [0.1, 0.15) is 17.4 Å². The molecule has 15 heavy (non-hydrogen) atoms. The molecule has 1 aromatic rings. The first-order valence-corrected chi connectivity index (χ1v) is 5.03. The van der Waals surface area contributed by atoms with Gasteiger partial charge in [-0.1, -0.05) is 13.8 Å². The van der Waals surface area contributed by atoms with E-state index in [0.717, 1.165) is 12.5 Å². The number of halogens is 2. The van der Waals surface area contributed by atoms with Crippen molar-refractivity contribution in [3.63, 3.8) is 0 Å². The molecule has 1 unspecified atom stereocenters. The first-order chi connectivity index (χ1) is 7.04. The summed E-state index contributed by atoms with van der Waals surface area (Å²) in [5.41, 5.74) is 0.408. The van der Waals surface area contributed by atoms with E-state index in [-0.39, 0.29) is 5.78 Å². The van der Waals surface area contributed by atoms with Crippen molar-refractivity contribution in [3.05, 3.63) is 35.4 Å². The van der Waals surface area contributed by atoms with Gasteiger partial charge in [-0.2, -0.15) is 0 Å². The normalized spacial score (nSPS) is 12.5. The van der Waals surface area contributed by atoms with Crippen LogP contribution in [0.5, 0.6) is 0 Å². The fraction of sp³-hybridized carbons (Fsp3) is 0.417. The highest BCUT2D eigenvalue weighted by molar-refractivity contribution is 5.85. The van der Waals surface area contributed by atoms with Gasteiger partial charge < -0.3 is 0 Å². The molecular formula is C12H14F2O. The van der Waals surface area contributed by atoms with E-state index >= 15 is 0 Å². The third-order valence-electron chi connectivity index (χ3n) is 2.36. The smallest absolute Gasteiger partial charge is 0.140 e. The minimum Gasteiger partial charge on any atom is -0.299 e. The molecule has 82 valence electrons. The zero-order valence-electron chi connectivity index (χ0n) is 8.89. The Morgan fingerprint density at radius 1 is 1.27 bits per heavy atom.